The van der Waals surface area contributed by atoms with Crippen molar-refractivity contribution in [2.45, 2.75) is 25.7 Å². The van der Waals surface area contributed by atoms with Gasteiger partial charge in [0.15, 0.2) is 11.6 Å². The molecular formula is C19H19F4NO3. The van der Waals surface area contributed by atoms with Crippen LogP contribution in [-0.2, 0) is 11.3 Å². The van der Waals surface area contributed by atoms with Crippen LogP contribution in [0.4, 0.5) is 17.6 Å². The van der Waals surface area contributed by atoms with Crippen LogP contribution in [0, 0.1) is 5.82 Å². The number of carbonyl (C=O) groups is 1. The summed E-state index contributed by atoms with van der Waals surface area (Å²) in [5.74, 6) is -0.986. The third kappa shape index (κ3) is 6.80. The number of amides is 1. The molecule has 1 amide bonds. The molecule has 0 unspecified atom stereocenters. The molecule has 27 heavy (non-hydrogen) atoms. The zero-order chi connectivity index (χ0) is 19.9. The summed E-state index contributed by atoms with van der Waals surface area (Å²) in [5, 5.41) is 0. The largest absolute Gasteiger partial charge is 0.573 e. The van der Waals surface area contributed by atoms with Crippen LogP contribution < -0.4 is 9.47 Å². The summed E-state index contributed by atoms with van der Waals surface area (Å²) in [6.45, 7) is 0.119. The molecule has 0 aromatic heterocycles. The Balaban J connectivity index is 1.83. The summed E-state index contributed by atoms with van der Waals surface area (Å²) in [5.41, 5.74) is 0.244. The van der Waals surface area contributed by atoms with Crippen LogP contribution in [0.25, 0.3) is 0 Å². The first-order chi connectivity index (χ1) is 12.8. The fourth-order valence-electron chi connectivity index (χ4n) is 2.36. The summed E-state index contributed by atoms with van der Waals surface area (Å²) in [6.07, 6.45) is -4.34. The van der Waals surface area contributed by atoms with Gasteiger partial charge in [0.05, 0.1) is 6.61 Å². The van der Waals surface area contributed by atoms with Crippen molar-refractivity contribution < 1.29 is 31.8 Å². The minimum absolute atomic E-state index is 0.0285. The van der Waals surface area contributed by atoms with Crippen LogP contribution in [0.1, 0.15) is 18.4 Å². The molecule has 0 saturated carbocycles. The van der Waals surface area contributed by atoms with Crippen molar-refractivity contribution in [1.29, 1.82) is 0 Å². The molecule has 0 radical (unpaired) electrons. The number of hydrogen-bond donors (Lipinski definition) is 0. The molecule has 0 N–H and O–H groups in total. The fourth-order valence-corrected chi connectivity index (χ4v) is 2.36. The molecule has 0 atom stereocenters. The van der Waals surface area contributed by atoms with Crippen molar-refractivity contribution in [1.82, 2.24) is 4.90 Å². The van der Waals surface area contributed by atoms with Crippen LogP contribution in [-0.4, -0.2) is 30.8 Å². The maximum Gasteiger partial charge on any atom is 0.573 e. The summed E-state index contributed by atoms with van der Waals surface area (Å²) >= 11 is 0. The van der Waals surface area contributed by atoms with Gasteiger partial charge in [0.1, 0.15) is 5.75 Å². The summed E-state index contributed by atoms with van der Waals surface area (Å²) in [4.78, 5) is 13.5. The van der Waals surface area contributed by atoms with Crippen molar-refractivity contribution in [2.75, 3.05) is 13.7 Å². The quantitative estimate of drug-likeness (QED) is 0.495. The van der Waals surface area contributed by atoms with Crippen molar-refractivity contribution >= 4 is 5.91 Å². The molecule has 8 heteroatoms. The average Bonchev–Trinajstić information content (AvgIpc) is 2.60. The van der Waals surface area contributed by atoms with E-state index in [0.717, 1.165) is 0 Å². The van der Waals surface area contributed by atoms with Gasteiger partial charge in [0, 0.05) is 25.6 Å². The number of alkyl halides is 3. The van der Waals surface area contributed by atoms with Crippen LogP contribution in [0.15, 0.2) is 48.5 Å². The van der Waals surface area contributed by atoms with E-state index >= 15 is 0 Å². The molecule has 0 aliphatic heterocycles. The fraction of sp³-hybridized carbons (Fsp3) is 0.316. The number of rotatable bonds is 8. The minimum atomic E-state index is -4.80. The molecule has 0 aliphatic carbocycles. The first-order valence-electron chi connectivity index (χ1n) is 8.21. The molecule has 2 rings (SSSR count). The van der Waals surface area contributed by atoms with E-state index in [0.29, 0.717) is 6.42 Å². The topological polar surface area (TPSA) is 38.8 Å². The molecule has 2 aromatic rings. The van der Waals surface area contributed by atoms with Crippen molar-refractivity contribution in [3.05, 3.63) is 59.9 Å². The Kier molecular flexibility index (Phi) is 7.04. The Morgan fingerprint density at radius 1 is 1.04 bits per heavy atom. The first-order valence-corrected chi connectivity index (χ1v) is 8.21. The number of ether oxygens (including phenoxy) is 2. The number of halogens is 4. The molecule has 0 aliphatic rings. The van der Waals surface area contributed by atoms with Gasteiger partial charge in [-0.2, -0.15) is 0 Å². The van der Waals surface area contributed by atoms with Gasteiger partial charge >= 0.3 is 6.36 Å². The Hall–Kier alpha value is -2.77. The molecule has 0 heterocycles. The van der Waals surface area contributed by atoms with E-state index in [-0.39, 0.29) is 42.5 Å². The number of benzene rings is 2. The highest BCUT2D eigenvalue weighted by Crippen LogP contribution is 2.27. The molecule has 0 spiro atoms. The van der Waals surface area contributed by atoms with Gasteiger partial charge in [0.25, 0.3) is 0 Å². The van der Waals surface area contributed by atoms with Gasteiger partial charge in [-0.05, 0) is 24.6 Å². The van der Waals surface area contributed by atoms with E-state index in [1.807, 2.05) is 0 Å². The van der Waals surface area contributed by atoms with Crippen molar-refractivity contribution in [3.63, 3.8) is 0 Å². The Morgan fingerprint density at radius 3 is 2.33 bits per heavy atom. The lowest BCUT2D eigenvalue weighted by Crippen LogP contribution is -2.27. The van der Waals surface area contributed by atoms with Gasteiger partial charge < -0.3 is 14.4 Å². The zero-order valence-corrected chi connectivity index (χ0v) is 14.6. The number of hydrogen-bond acceptors (Lipinski definition) is 3. The van der Waals surface area contributed by atoms with Crippen LogP contribution in [0.3, 0.4) is 0 Å². The normalized spacial score (nSPS) is 11.1. The van der Waals surface area contributed by atoms with E-state index in [4.69, 9.17) is 4.74 Å². The smallest absolute Gasteiger partial charge is 0.491 e. The lowest BCUT2D eigenvalue weighted by Gasteiger charge is -2.20. The van der Waals surface area contributed by atoms with Gasteiger partial charge in [-0.25, -0.2) is 4.39 Å². The summed E-state index contributed by atoms with van der Waals surface area (Å²) in [7, 11) is 1.49. The second-order valence-electron chi connectivity index (χ2n) is 5.79. The molecule has 0 bridgehead atoms. The molecule has 146 valence electrons. The molecular weight excluding hydrogens is 366 g/mol. The minimum Gasteiger partial charge on any atom is -0.491 e. The molecule has 4 nitrogen and oxygen atoms in total. The monoisotopic (exact) mass is 385 g/mol. The Labute approximate surface area is 154 Å². The predicted molar refractivity (Wildman–Crippen MR) is 90.7 cm³/mol. The Morgan fingerprint density at radius 2 is 1.67 bits per heavy atom. The van der Waals surface area contributed by atoms with Gasteiger partial charge in [-0.3, -0.25) is 4.79 Å². The number of nitrogens with zero attached hydrogens (tertiary/aromatic N) is 1. The van der Waals surface area contributed by atoms with E-state index in [2.05, 4.69) is 4.74 Å². The van der Waals surface area contributed by atoms with Crippen molar-refractivity contribution in [3.8, 4) is 11.5 Å². The second kappa shape index (κ2) is 9.25. The maximum absolute atomic E-state index is 13.4. The number of carbonyl (C=O) groups excluding carboxylic acids is 1. The highest BCUT2D eigenvalue weighted by Gasteiger charge is 2.32. The highest BCUT2D eigenvalue weighted by atomic mass is 19.4. The lowest BCUT2D eigenvalue weighted by atomic mass is 10.2. The molecule has 0 saturated heterocycles. The van der Waals surface area contributed by atoms with Gasteiger partial charge in [-0.15, -0.1) is 13.2 Å². The van der Waals surface area contributed by atoms with Crippen LogP contribution in [0.5, 0.6) is 11.5 Å². The maximum atomic E-state index is 13.4. The predicted octanol–water partition coefficient (Wildman–Crippen LogP) is 4.54. The highest BCUT2D eigenvalue weighted by molar-refractivity contribution is 5.75. The second-order valence-corrected chi connectivity index (χ2v) is 5.79. The SMILES string of the molecule is CN(Cc1ccccc1OC(F)(F)F)C(=O)CCCOc1ccccc1F. The van der Waals surface area contributed by atoms with Gasteiger partial charge in [0.2, 0.25) is 5.91 Å². The van der Waals surface area contributed by atoms with Crippen molar-refractivity contribution in [2.24, 2.45) is 0 Å². The third-order valence-electron chi connectivity index (χ3n) is 3.66. The lowest BCUT2D eigenvalue weighted by molar-refractivity contribution is -0.275. The van der Waals surface area contributed by atoms with E-state index in [1.54, 1.807) is 18.2 Å². The third-order valence-corrected chi connectivity index (χ3v) is 3.66. The van der Waals surface area contributed by atoms with E-state index in [9.17, 15) is 22.4 Å². The Bertz CT molecular complexity index is 765. The van der Waals surface area contributed by atoms with E-state index < -0.39 is 12.2 Å². The van der Waals surface area contributed by atoms with Crippen LogP contribution >= 0.6 is 0 Å². The summed E-state index contributed by atoms with van der Waals surface area (Å²) in [6, 6.07) is 11.6. The average molecular weight is 385 g/mol. The molecule has 0 fully saturated rings. The number of para-hydroxylation sites is 2. The standard InChI is InChI=1S/C19H19F4NO3/c1-24(13-14-7-2-4-9-16(14)27-19(21,22)23)18(25)11-6-12-26-17-10-5-3-8-15(17)20/h2-5,7-10H,6,11-13H2,1H3. The van der Waals surface area contributed by atoms with E-state index in [1.165, 1.54) is 42.3 Å². The zero-order valence-electron chi connectivity index (χ0n) is 14.6. The first kappa shape index (κ1) is 20.5. The molecule has 2 aromatic carbocycles. The summed E-state index contributed by atoms with van der Waals surface area (Å²) < 4.78 is 60.0. The van der Waals surface area contributed by atoms with Crippen LogP contribution in [0.2, 0.25) is 0 Å². The van der Waals surface area contributed by atoms with Gasteiger partial charge in [-0.1, -0.05) is 30.3 Å².